The third-order valence-electron chi connectivity index (χ3n) is 3.91. The van der Waals surface area contributed by atoms with Crippen molar-refractivity contribution in [2.45, 2.75) is 0 Å². The Morgan fingerprint density at radius 3 is 2.25 bits per heavy atom. The molecule has 0 unspecified atom stereocenters. The molecule has 0 saturated carbocycles. The van der Waals surface area contributed by atoms with Gasteiger partial charge >= 0.3 is 5.69 Å². The molecule has 0 atom stereocenters. The molecule has 9 heteroatoms. The molecule has 0 amide bonds. The van der Waals surface area contributed by atoms with Gasteiger partial charge in [-0.05, 0) is 12.1 Å². The number of nitrogens with one attached hydrogen (secondary N) is 1. The smallest absolute Gasteiger partial charge is 0.311 e. The number of pyridine rings is 1. The lowest BCUT2D eigenvalue weighted by Gasteiger charge is -2.14. The van der Waals surface area contributed by atoms with Crippen LogP contribution < -0.4 is 16.0 Å². The van der Waals surface area contributed by atoms with E-state index in [2.05, 4.69) is 4.98 Å². The fraction of sp³-hybridized carbons (Fsp3) is 0. The summed E-state index contributed by atoms with van der Waals surface area (Å²) in [5, 5.41) is 30.1. The highest BCUT2D eigenvalue weighted by Crippen LogP contribution is 2.39. The summed E-state index contributed by atoms with van der Waals surface area (Å²) in [6, 6.07) is 15.7. The number of aromatic amines is 1. The first-order valence-corrected chi connectivity index (χ1v) is 7.84. The van der Waals surface area contributed by atoms with Crippen molar-refractivity contribution >= 4 is 11.5 Å². The lowest BCUT2D eigenvalue weighted by atomic mass is 9.96. The highest BCUT2D eigenvalue weighted by molar-refractivity contribution is 5.83. The van der Waals surface area contributed by atoms with Crippen molar-refractivity contribution in [3.8, 4) is 34.8 Å². The molecular weight excluding hydrogens is 362 g/mol. The molecule has 0 fully saturated rings. The van der Waals surface area contributed by atoms with E-state index in [0.717, 1.165) is 0 Å². The number of ether oxygens (including phenoxy) is 1. The summed E-state index contributed by atoms with van der Waals surface area (Å²) in [7, 11) is 0. The van der Waals surface area contributed by atoms with Gasteiger partial charge in [0.2, 0.25) is 5.75 Å². The molecule has 0 radical (unpaired) electrons. The van der Waals surface area contributed by atoms with Crippen LogP contribution >= 0.6 is 0 Å². The van der Waals surface area contributed by atoms with Crippen LogP contribution in [0.2, 0.25) is 0 Å². The van der Waals surface area contributed by atoms with E-state index in [1.54, 1.807) is 24.3 Å². The Labute approximate surface area is 158 Å². The number of benzene rings is 2. The molecule has 0 aliphatic heterocycles. The van der Waals surface area contributed by atoms with Gasteiger partial charge in [0.15, 0.2) is 0 Å². The first kappa shape index (κ1) is 18.2. The van der Waals surface area contributed by atoms with Crippen molar-refractivity contribution in [1.29, 1.82) is 10.5 Å². The summed E-state index contributed by atoms with van der Waals surface area (Å²) in [5.41, 5.74) is 4.54. The lowest BCUT2D eigenvalue weighted by molar-refractivity contribution is -0.385. The third-order valence-corrected chi connectivity index (χ3v) is 3.91. The SMILES string of the molecule is N#Cc1c(N)[nH]c(=O)c(C#N)c1-c1ccccc1Oc1ccccc1[N+](=O)[O-]. The topological polar surface area (TPSA) is 159 Å². The number of nitro groups is 1. The highest BCUT2D eigenvalue weighted by atomic mass is 16.6. The van der Waals surface area contributed by atoms with E-state index in [1.807, 2.05) is 6.07 Å². The van der Waals surface area contributed by atoms with E-state index >= 15 is 0 Å². The molecule has 1 aromatic heterocycles. The Hall–Kier alpha value is -4.63. The van der Waals surface area contributed by atoms with E-state index in [4.69, 9.17) is 10.5 Å². The zero-order valence-electron chi connectivity index (χ0n) is 14.2. The van der Waals surface area contributed by atoms with Crippen LogP contribution in [0.5, 0.6) is 11.5 Å². The molecule has 0 bridgehead atoms. The van der Waals surface area contributed by atoms with Gasteiger partial charge in [-0.1, -0.05) is 30.3 Å². The number of nitrogens with zero attached hydrogens (tertiary/aromatic N) is 3. The van der Waals surface area contributed by atoms with Crippen LogP contribution in [0, 0.1) is 32.8 Å². The fourth-order valence-electron chi connectivity index (χ4n) is 2.69. The van der Waals surface area contributed by atoms with Gasteiger partial charge < -0.3 is 15.5 Å². The van der Waals surface area contributed by atoms with Gasteiger partial charge in [0.05, 0.1) is 4.92 Å². The van der Waals surface area contributed by atoms with Crippen LogP contribution in [-0.2, 0) is 0 Å². The Bertz CT molecular complexity index is 1230. The summed E-state index contributed by atoms with van der Waals surface area (Å²) in [5.74, 6) is -0.105. The van der Waals surface area contributed by atoms with Crippen LogP contribution in [0.25, 0.3) is 11.1 Å². The molecule has 0 spiro atoms. The van der Waals surface area contributed by atoms with E-state index in [9.17, 15) is 25.4 Å². The zero-order valence-corrected chi connectivity index (χ0v) is 14.2. The number of nitrogen functional groups attached to an aromatic ring is 1. The Balaban J connectivity index is 2.27. The quantitative estimate of drug-likeness (QED) is 0.525. The van der Waals surface area contributed by atoms with Gasteiger partial charge in [-0.25, -0.2) is 0 Å². The van der Waals surface area contributed by atoms with Crippen molar-refractivity contribution in [3.63, 3.8) is 0 Å². The second-order valence-electron chi connectivity index (χ2n) is 5.54. The number of nitro benzene ring substituents is 1. The molecule has 2 aromatic carbocycles. The monoisotopic (exact) mass is 373 g/mol. The second kappa shape index (κ2) is 7.32. The lowest BCUT2D eigenvalue weighted by Crippen LogP contribution is -2.16. The maximum Gasteiger partial charge on any atom is 0.311 e. The number of nitriles is 2. The van der Waals surface area contributed by atoms with Crippen molar-refractivity contribution in [3.05, 3.63) is 80.1 Å². The van der Waals surface area contributed by atoms with Gasteiger partial charge in [-0.3, -0.25) is 14.9 Å². The van der Waals surface area contributed by atoms with Gasteiger partial charge in [0, 0.05) is 17.2 Å². The third kappa shape index (κ3) is 3.11. The average Bonchev–Trinajstić information content (AvgIpc) is 2.68. The molecule has 136 valence electrons. The normalized spacial score (nSPS) is 9.93. The second-order valence-corrected chi connectivity index (χ2v) is 5.54. The minimum atomic E-state index is -0.755. The number of aromatic nitrogens is 1. The highest BCUT2D eigenvalue weighted by Gasteiger charge is 2.22. The minimum Gasteiger partial charge on any atom is -0.449 e. The van der Waals surface area contributed by atoms with Crippen molar-refractivity contribution in [2.24, 2.45) is 0 Å². The molecule has 3 rings (SSSR count). The first-order valence-electron chi connectivity index (χ1n) is 7.84. The fourth-order valence-corrected chi connectivity index (χ4v) is 2.69. The van der Waals surface area contributed by atoms with Gasteiger partial charge in [-0.2, -0.15) is 10.5 Å². The number of H-pyrrole nitrogens is 1. The van der Waals surface area contributed by atoms with Crippen LogP contribution in [0.3, 0.4) is 0 Å². The number of para-hydroxylation sites is 3. The van der Waals surface area contributed by atoms with E-state index < -0.39 is 10.5 Å². The van der Waals surface area contributed by atoms with Crippen LogP contribution in [0.1, 0.15) is 11.1 Å². The largest absolute Gasteiger partial charge is 0.449 e. The summed E-state index contributed by atoms with van der Waals surface area (Å²) in [6.45, 7) is 0. The predicted molar refractivity (Wildman–Crippen MR) is 99.5 cm³/mol. The summed E-state index contributed by atoms with van der Waals surface area (Å²) in [4.78, 5) is 25.1. The summed E-state index contributed by atoms with van der Waals surface area (Å²) >= 11 is 0. The molecule has 1 heterocycles. The number of rotatable bonds is 4. The van der Waals surface area contributed by atoms with Crippen LogP contribution in [0.15, 0.2) is 53.3 Å². The average molecular weight is 373 g/mol. The standard InChI is InChI=1S/C19H11N5O4/c20-9-12-17(13(10-21)19(25)23-18(12)22)11-5-1-3-7-15(11)28-16-8-4-2-6-14(16)24(26)27/h1-8H,(H3,22,23,25). The van der Waals surface area contributed by atoms with E-state index in [-0.39, 0.29) is 45.3 Å². The van der Waals surface area contributed by atoms with Crippen LogP contribution in [-0.4, -0.2) is 9.91 Å². The van der Waals surface area contributed by atoms with Crippen molar-refractivity contribution in [2.75, 3.05) is 5.73 Å². The maximum atomic E-state index is 12.1. The molecule has 28 heavy (non-hydrogen) atoms. The number of hydrogen-bond acceptors (Lipinski definition) is 7. The zero-order chi connectivity index (χ0) is 20.3. The molecule has 3 N–H and O–H groups in total. The first-order chi connectivity index (χ1) is 13.5. The van der Waals surface area contributed by atoms with Gasteiger partial charge in [-0.15, -0.1) is 0 Å². The summed E-state index contributed by atoms with van der Waals surface area (Å²) in [6.07, 6.45) is 0. The van der Waals surface area contributed by atoms with E-state index in [1.165, 1.54) is 30.3 Å². The Morgan fingerprint density at radius 1 is 1.00 bits per heavy atom. The predicted octanol–water partition coefficient (Wildman–Crippen LogP) is 3.07. The van der Waals surface area contributed by atoms with E-state index in [0.29, 0.717) is 0 Å². The Morgan fingerprint density at radius 2 is 1.61 bits per heavy atom. The molecule has 0 aliphatic carbocycles. The maximum absolute atomic E-state index is 12.1. The van der Waals surface area contributed by atoms with Crippen molar-refractivity contribution in [1.82, 2.24) is 4.98 Å². The number of hydrogen-bond donors (Lipinski definition) is 2. The molecule has 9 nitrogen and oxygen atoms in total. The van der Waals surface area contributed by atoms with Gasteiger partial charge in [0.25, 0.3) is 5.56 Å². The number of nitrogens with two attached hydrogens (primary N) is 1. The molecule has 0 aliphatic rings. The Kier molecular flexibility index (Phi) is 4.75. The molecule has 3 aromatic rings. The minimum absolute atomic E-state index is 0.000402. The molecular formula is C19H11N5O4. The molecule has 0 saturated heterocycles. The van der Waals surface area contributed by atoms with Crippen molar-refractivity contribution < 1.29 is 9.66 Å². The van der Waals surface area contributed by atoms with Gasteiger partial charge in [0.1, 0.15) is 34.8 Å². The summed E-state index contributed by atoms with van der Waals surface area (Å²) < 4.78 is 5.72. The number of anilines is 1. The van der Waals surface area contributed by atoms with Crippen LogP contribution in [0.4, 0.5) is 11.5 Å².